The van der Waals surface area contributed by atoms with Crippen molar-refractivity contribution >= 4 is 11.8 Å². The molecule has 0 aromatic carbocycles. The van der Waals surface area contributed by atoms with Crippen LogP contribution < -0.4 is 5.32 Å². The largest absolute Gasteiger partial charge is 0.348 e. The van der Waals surface area contributed by atoms with E-state index < -0.39 is 0 Å². The van der Waals surface area contributed by atoms with E-state index in [1.807, 2.05) is 4.90 Å². The first-order valence-corrected chi connectivity index (χ1v) is 8.27. The van der Waals surface area contributed by atoms with Crippen molar-refractivity contribution in [2.75, 3.05) is 6.54 Å². The summed E-state index contributed by atoms with van der Waals surface area (Å²) >= 11 is 0. The van der Waals surface area contributed by atoms with E-state index in [0.29, 0.717) is 23.3 Å². The first-order chi connectivity index (χ1) is 10.7. The zero-order valence-corrected chi connectivity index (χ0v) is 13.0. The lowest BCUT2D eigenvalue weighted by Gasteiger charge is -2.35. The molecule has 1 aliphatic carbocycles. The van der Waals surface area contributed by atoms with Gasteiger partial charge in [-0.15, -0.1) is 0 Å². The van der Waals surface area contributed by atoms with Crippen LogP contribution in [0.1, 0.15) is 66.3 Å². The summed E-state index contributed by atoms with van der Waals surface area (Å²) in [7, 11) is 0. The van der Waals surface area contributed by atoms with E-state index in [4.69, 9.17) is 0 Å². The third kappa shape index (κ3) is 3.29. The third-order valence-electron chi connectivity index (χ3n) is 4.51. The SMILES string of the molecule is CCC1CCCCN1C(=O)c1ccnc(C(=O)NC2CC2)c1. The number of rotatable bonds is 4. The maximum atomic E-state index is 12.7. The molecule has 118 valence electrons. The van der Waals surface area contributed by atoms with E-state index in [0.717, 1.165) is 38.6 Å². The summed E-state index contributed by atoms with van der Waals surface area (Å²) in [4.78, 5) is 30.9. The highest BCUT2D eigenvalue weighted by Crippen LogP contribution is 2.22. The Bertz CT molecular complexity index is 569. The molecule has 2 fully saturated rings. The number of piperidine rings is 1. The van der Waals surface area contributed by atoms with Crippen molar-refractivity contribution in [3.63, 3.8) is 0 Å². The van der Waals surface area contributed by atoms with Crippen LogP contribution in [0.15, 0.2) is 18.3 Å². The molecule has 1 saturated carbocycles. The number of hydrogen-bond acceptors (Lipinski definition) is 3. The van der Waals surface area contributed by atoms with Crippen molar-refractivity contribution in [2.24, 2.45) is 0 Å². The number of carbonyl (C=O) groups excluding carboxylic acids is 2. The van der Waals surface area contributed by atoms with Gasteiger partial charge in [-0.3, -0.25) is 14.6 Å². The van der Waals surface area contributed by atoms with Gasteiger partial charge in [0.15, 0.2) is 0 Å². The number of amides is 2. The standard InChI is InChI=1S/C17H23N3O2/c1-2-14-5-3-4-10-20(14)17(22)12-8-9-18-15(11-12)16(21)19-13-6-7-13/h8-9,11,13-14H,2-7,10H2,1H3,(H,19,21). The maximum Gasteiger partial charge on any atom is 0.270 e. The fraction of sp³-hybridized carbons (Fsp3) is 0.588. The molecule has 5 nitrogen and oxygen atoms in total. The first kappa shape index (κ1) is 15.0. The number of nitrogens with one attached hydrogen (secondary N) is 1. The number of likely N-dealkylation sites (tertiary alicyclic amines) is 1. The van der Waals surface area contributed by atoms with Gasteiger partial charge >= 0.3 is 0 Å². The van der Waals surface area contributed by atoms with E-state index in [1.165, 1.54) is 6.42 Å². The van der Waals surface area contributed by atoms with Gasteiger partial charge in [0.05, 0.1) is 0 Å². The fourth-order valence-corrected chi connectivity index (χ4v) is 3.03. The monoisotopic (exact) mass is 301 g/mol. The molecule has 22 heavy (non-hydrogen) atoms. The summed E-state index contributed by atoms with van der Waals surface area (Å²) in [5.41, 5.74) is 0.902. The van der Waals surface area contributed by atoms with E-state index in [-0.39, 0.29) is 11.8 Å². The van der Waals surface area contributed by atoms with Crippen LogP contribution in [-0.4, -0.2) is 40.3 Å². The molecule has 2 aliphatic rings. The lowest BCUT2D eigenvalue weighted by Crippen LogP contribution is -2.43. The van der Waals surface area contributed by atoms with Gasteiger partial charge in [0, 0.05) is 30.4 Å². The minimum Gasteiger partial charge on any atom is -0.348 e. The van der Waals surface area contributed by atoms with Crippen molar-refractivity contribution < 1.29 is 9.59 Å². The number of nitrogens with zero attached hydrogens (tertiary/aromatic N) is 2. The Balaban J connectivity index is 1.75. The maximum absolute atomic E-state index is 12.7. The molecule has 1 atom stereocenters. The molecule has 1 unspecified atom stereocenters. The topological polar surface area (TPSA) is 62.3 Å². The second-order valence-electron chi connectivity index (χ2n) is 6.23. The Kier molecular flexibility index (Phi) is 4.41. The summed E-state index contributed by atoms with van der Waals surface area (Å²) in [5.74, 6) is -0.155. The van der Waals surface area contributed by atoms with Crippen LogP contribution in [0.4, 0.5) is 0 Å². The van der Waals surface area contributed by atoms with E-state index >= 15 is 0 Å². The number of pyridine rings is 1. The Hall–Kier alpha value is -1.91. The van der Waals surface area contributed by atoms with Gasteiger partial charge in [0.1, 0.15) is 5.69 Å². The van der Waals surface area contributed by atoms with Crippen molar-refractivity contribution in [3.05, 3.63) is 29.6 Å². The van der Waals surface area contributed by atoms with Crippen molar-refractivity contribution in [3.8, 4) is 0 Å². The minimum atomic E-state index is -0.178. The number of hydrogen-bond donors (Lipinski definition) is 1. The smallest absolute Gasteiger partial charge is 0.270 e. The molecule has 0 radical (unpaired) electrons. The van der Waals surface area contributed by atoms with Crippen molar-refractivity contribution in [1.29, 1.82) is 0 Å². The second kappa shape index (κ2) is 6.46. The van der Waals surface area contributed by atoms with Crippen LogP contribution in [0, 0.1) is 0 Å². The van der Waals surface area contributed by atoms with Gasteiger partial charge in [0.2, 0.25) is 0 Å². The van der Waals surface area contributed by atoms with Gasteiger partial charge in [-0.05, 0) is 50.7 Å². The zero-order chi connectivity index (χ0) is 15.5. The third-order valence-corrected chi connectivity index (χ3v) is 4.51. The molecule has 2 amide bonds. The predicted molar refractivity (Wildman–Crippen MR) is 83.7 cm³/mol. The molecule has 0 spiro atoms. The predicted octanol–water partition coefficient (Wildman–Crippen LogP) is 2.38. The normalized spacial score (nSPS) is 21.5. The number of aromatic nitrogens is 1. The molecule has 1 aromatic heterocycles. The molecular weight excluding hydrogens is 278 g/mol. The van der Waals surface area contributed by atoms with Gasteiger partial charge in [-0.1, -0.05) is 6.92 Å². The van der Waals surface area contributed by atoms with E-state index in [1.54, 1.807) is 18.3 Å². The second-order valence-corrected chi connectivity index (χ2v) is 6.23. The lowest BCUT2D eigenvalue weighted by molar-refractivity contribution is 0.0608. The van der Waals surface area contributed by atoms with Gasteiger partial charge < -0.3 is 10.2 Å². The van der Waals surface area contributed by atoms with Crippen LogP contribution in [0.5, 0.6) is 0 Å². The molecule has 0 bridgehead atoms. The van der Waals surface area contributed by atoms with Crippen LogP contribution in [0.3, 0.4) is 0 Å². The Morgan fingerprint density at radius 2 is 2.14 bits per heavy atom. The summed E-state index contributed by atoms with van der Waals surface area (Å²) in [6.07, 6.45) is 7.93. The Morgan fingerprint density at radius 1 is 1.32 bits per heavy atom. The van der Waals surface area contributed by atoms with Gasteiger partial charge in [-0.25, -0.2) is 0 Å². The summed E-state index contributed by atoms with van der Waals surface area (Å²) < 4.78 is 0. The first-order valence-electron chi connectivity index (χ1n) is 8.27. The fourth-order valence-electron chi connectivity index (χ4n) is 3.03. The van der Waals surface area contributed by atoms with Crippen LogP contribution in [-0.2, 0) is 0 Å². The molecular formula is C17H23N3O2. The molecule has 5 heteroatoms. The average molecular weight is 301 g/mol. The molecule has 1 saturated heterocycles. The van der Waals surface area contributed by atoms with Gasteiger partial charge in [-0.2, -0.15) is 0 Å². The Morgan fingerprint density at radius 3 is 2.86 bits per heavy atom. The average Bonchev–Trinajstić information content (AvgIpc) is 3.38. The Labute approximate surface area is 131 Å². The highest BCUT2D eigenvalue weighted by atomic mass is 16.2. The zero-order valence-electron chi connectivity index (χ0n) is 13.0. The molecule has 3 rings (SSSR count). The summed E-state index contributed by atoms with van der Waals surface area (Å²) in [5, 5.41) is 2.91. The van der Waals surface area contributed by atoms with Crippen LogP contribution in [0.25, 0.3) is 0 Å². The van der Waals surface area contributed by atoms with Crippen LogP contribution >= 0.6 is 0 Å². The summed E-state index contributed by atoms with van der Waals surface area (Å²) in [6, 6.07) is 3.94. The minimum absolute atomic E-state index is 0.0226. The highest BCUT2D eigenvalue weighted by molar-refractivity contribution is 5.98. The van der Waals surface area contributed by atoms with Gasteiger partial charge in [0.25, 0.3) is 11.8 Å². The number of carbonyl (C=O) groups is 2. The van der Waals surface area contributed by atoms with Crippen molar-refractivity contribution in [1.82, 2.24) is 15.2 Å². The van der Waals surface area contributed by atoms with Crippen molar-refractivity contribution in [2.45, 2.75) is 57.5 Å². The quantitative estimate of drug-likeness (QED) is 0.928. The van der Waals surface area contributed by atoms with E-state index in [2.05, 4.69) is 17.2 Å². The van der Waals surface area contributed by atoms with Crippen LogP contribution in [0.2, 0.25) is 0 Å². The summed E-state index contributed by atoms with van der Waals surface area (Å²) in [6.45, 7) is 2.93. The molecule has 1 aromatic rings. The molecule has 1 aliphatic heterocycles. The molecule has 1 N–H and O–H groups in total. The highest BCUT2D eigenvalue weighted by Gasteiger charge is 2.28. The lowest BCUT2D eigenvalue weighted by atomic mass is 9.99. The van der Waals surface area contributed by atoms with E-state index in [9.17, 15) is 9.59 Å². The molecule has 2 heterocycles.